The highest BCUT2D eigenvalue weighted by molar-refractivity contribution is 6.71. The lowest BCUT2D eigenvalue weighted by molar-refractivity contribution is -0.146. The molecule has 4 heterocycles. The molecular formula is C43H46N6O5Si. The van der Waals surface area contributed by atoms with E-state index in [1.165, 1.54) is 5.01 Å². The minimum absolute atomic E-state index is 0.0778. The van der Waals surface area contributed by atoms with Gasteiger partial charge in [0.2, 0.25) is 5.91 Å². The van der Waals surface area contributed by atoms with Crippen LogP contribution in [0.5, 0.6) is 0 Å². The minimum Gasteiger partial charge on any atom is -0.432 e. The van der Waals surface area contributed by atoms with E-state index in [-0.39, 0.29) is 42.3 Å². The van der Waals surface area contributed by atoms with Crippen LogP contribution in [0, 0.1) is 5.92 Å². The third-order valence-corrected chi connectivity index (χ3v) is 14.0. The molecule has 3 aliphatic rings. The van der Waals surface area contributed by atoms with Crippen molar-refractivity contribution in [3.05, 3.63) is 143 Å². The lowest BCUT2D eigenvalue weighted by atomic mass is 9.82. The summed E-state index contributed by atoms with van der Waals surface area (Å²) in [6.07, 6.45) is 2.88. The molecule has 1 unspecified atom stereocenters. The van der Waals surface area contributed by atoms with Gasteiger partial charge in [-0.05, 0) is 54.4 Å². The normalized spacial score (nSPS) is 23.0. The molecule has 2 amide bonds. The number of amides is 2. The van der Waals surface area contributed by atoms with Crippen LogP contribution in [-0.4, -0.2) is 63.5 Å². The number of carbonyl (C=O) groups is 2. The van der Waals surface area contributed by atoms with Crippen molar-refractivity contribution in [3.8, 4) is 0 Å². The number of benzene rings is 4. The van der Waals surface area contributed by atoms with Crippen LogP contribution in [0.3, 0.4) is 0 Å². The summed E-state index contributed by atoms with van der Waals surface area (Å²) >= 11 is 0. The number of carbonyl (C=O) groups excluding carboxylic acids is 2. The Morgan fingerprint density at radius 3 is 2.40 bits per heavy atom. The Balaban J connectivity index is 1.05. The number of hydrogen-bond acceptors (Lipinski definition) is 8. The molecule has 5 atom stereocenters. The molecule has 0 radical (unpaired) electrons. The van der Waals surface area contributed by atoms with Gasteiger partial charge in [0.05, 0.1) is 48.0 Å². The fourth-order valence-electron chi connectivity index (χ4n) is 8.92. The van der Waals surface area contributed by atoms with Crippen LogP contribution in [0.1, 0.15) is 60.1 Å². The lowest BCUT2D eigenvalue weighted by Crippen LogP contribution is -2.46. The smallest absolute Gasteiger partial charge is 0.264 e. The van der Waals surface area contributed by atoms with Gasteiger partial charge in [-0.25, -0.2) is 5.01 Å². The predicted molar refractivity (Wildman–Crippen MR) is 213 cm³/mol. The molecule has 0 bridgehead atoms. The minimum atomic E-state index is -2.88. The number of fused-ring (bicyclic) bond motifs is 2. The van der Waals surface area contributed by atoms with Crippen LogP contribution < -0.4 is 9.91 Å². The van der Waals surface area contributed by atoms with Gasteiger partial charge in [-0.15, -0.1) is 5.10 Å². The summed E-state index contributed by atoms with van der Waals surface area (Å²) in [5.41, 5.74) is 5.02. The first-order valence-electron chi connectivity index (χ1n) is 19.0. The van der Waals surface area contributed by atoms with E-state index in [4.69, 9.17) is 9.84 Å². The maximum atomic E-state index is 15.0. The number of para-hydroxylation sites is 1. The van der Waals surface area contributed by atoms with Crippen LogP contribution in [0.15, 0.2) is 120 Å². The molecule has 5 aromatic rings. The first kappa shape index (κ1) is 36.7. The van der Waals surface area contributed by atoms with Gasteiger partial charge in [-0.3, -0.25) is 14.3 Å². The van der Waals surface area contributed by atoms with Gasteiger partial charge in [0, 0.05) is 42.6 Å². The molecule has 0 saturated carbocycles. The van der Waals surface area contributed by atoms with Crippen LogP contribution in [0.2, 0.25) is 18.6 Å². The lowest BCUT2D eigenvalue weighted by Gasteiger charge is -2.32. The second-order valence-corrected chi connectivity index (χ2v) is 19.4. The Morgan fingerprint density at radius 1 is 0.927 bits per heavy atom. The van der Waals surface area contributed by atoms with Crippen molar-refractivity contribution in [2.75, 3.05) is 16.5 Å². The number of aryl methyl sites for hydroxylation is 1. The Hall–Kier alpha value is -5.27. The summed E-state index contributed by atoms with van der Waals surface area (Å²) in [6, 6.07) is 35.1. The van der Waals surface area contributed by atoms with Crippen molar-refractivity contribution in [3.63, 3.8) is 0 Å². The van der Waals surface area contributed by atoms with Crippen LogP contribution in [0.25, 0.3) is 0 Å². The molecule has 1 aromatic heterocycles. The highest BCUT2D eigenvalue weighted by Gasteiger charge is 2.66. The standard InChI is InChI=1S/C43H46N6O5Si/c1-29-41(55(2,3)53)39(23-24-47-27-37(44-46-47)34(28-50)31-14-6-4-7-15-31)54-43(29)35-19-10-11-20-38(35)48(42(43)52)26-30-13-12-18-33(25-30)49-40(51)22-21-36(45-49)32-16-8-5-9-17-32/h4-20,25,27,29,34,39,41,50,53H,21-24,26,28H2,1-3H3/t29-,34?,39+,41-,43+/m0/s1. The molecule has 1 spiro atoms. The third-order valence-electron chi connectivity index (χ3n) is 11.5. The van der Waals surface area contributed by atoms with Gasteiger partial charge in [0.25, 0.3) is 5.91 Å². The van der Waals surface area contributed by atoms with E-state index in [0.29, 0.717) is 37.2 Å². The topological polar surface area (TPSA) is 133 Å². The average Bonchev–Trinajstić information content (AvgIpc) is 3.85. The Kier molecular flexibility index (Phi) is 9.84. The van der Waals surface area contributed by atoms with E-state index < -0.39 is 20.0 Å². The van der Waals surface area contributed by atoms with Crippen LogP contribution >= 0.6 is 0 Å². The fourth-order valence-corrected chi connectivity index (χ4v) is 11.5. The molecule has 12 heteroatoms. The van der Waals surface area contributed by atoms with Gasteiger partial charge in [-0.2, -0.15) is 5.10 Å². The first-order chi connectivity index (χ1) is 26.6. The van der Waals surface area contributed by atoms with Gasteiger partial charge in [0.1, 0.15) is 0 Å². The molecule has 4 aromatic carbocycles. The highest BCUT2D eigenvalue weighted by atomic mass is 28.4. The van der Waals surface area contributed by atoms with Crippen molar-refractivity contribution in [2.45, 2.75) is 75.5 Å². The average molecular weight is 755 g/mol. The number of aliphatic hydroxyl groups is 1. The van der Waals surface area contributed by atoms with Crippen molar-refractivity contribution in [1.82, 2.24) is 15.0 Å². The third kappa shape index (κ3) is 6.73. The monoisotopic (exact) mass is 754 g/mol. The van der Waals surface area contributed by atoms with Gasteiger partial charge >= 0.3 is 0 Å². The van der Waals surface area contributed by atoms with Crippen molar-refractivity contribution in [2.24, 2.45) is 11.0 Å². The van der Waals surface area contributed by atoms with Crippen LogP contribution in [0.4, 0.5) is 11.4 Å². The quantitative estimate of drug-likeness (QED) is 0.150. The second-order valence-electron chi connectivity index (χ2n) is 15.4. The van der Waals surface area contributed by atoms with Crippen LogP contribution in [-0.2, 0) is 33.0 Å². The molecule has 3 aliphatic heterocycles. The molecule has 11 nitrogen and oxygen atoms in total. The molecular weight excluding hydrogens is 709 g/mol. The van der Waals surface area contributed by atoms with E-state index in [2.05, 4.69) is 10.3 Å². The van der Waals surface area contributed by atoms with Crippen molar-refractivity contribution < 1.29 is 24.2 Å². The zero-order valence-corrected chi connectivity index (χ0v) is 32.3. The summed E-state index contributed by atoms with van der Waals surface area (Å²) in [5, 5.41) is 25.2. The number of ether oxygens (including phenoxy) is 1. The second kappa shape index (κ2) is 14.8. The van der Waals surface area contributed by atoms with E-state index >= 15 is 0 Å². The molecule has 1 fully saturated rings. The van der Waals surface area contributed by atoms with Gasteiger partial charge < -0.3 is 19.5 Å². The maximum absolute atomic E-state index is 15.0. The SMILES string of the molecule is C[C@H]1[C@H]([Si](C)(C)O)[C@@H](CCn2cc(C(CO)c3ccccc3)nn2)O[C@]12C(=O)N(Cc1cccc(N3N=C(c4ccccc4)CCC3=O)c1)c1ccccc12. The van der Waals surface area contributed by atoms with E-state index in [1.807, 2.05) is 135 Å². The summed E-state index contributed by atoms with van der Waals surface area (Å²) in [4.78, 5) is 41.7. The molecule has 282 valence electrons. The summed E-state index contributed by atoms with van der Waals surface area (Å²) in [7, 11) is -2.88. The maximum Gasteiger partial charge on any atom is 0.264 e. The highest BCUT2D eigenvalue weighted by Crippen LogP contribution is 2.59. The molecule has 0 aliphatic carbocycles. The summed E-state index contributed by atoms with van der Waals surface area (Å²) in [5.74, 6) is -0.843. The Morgan fingerprint density at radius 2 is 1.65 bits per heavy atom. The number of aliphatic hydroxyl groups excluding tert-OH is 1. The molecule has 1 saturated heterocycles. The van der Waals surface area contributed by atoms with E-state index in [1.54, 1.807) is 9.58 Å². The van der Waals surface area contributed by atoms with E-state index in [0.717, 1.165) is 33.7 Å². The van der Waals surface area contributed by atoms with E-state index in [9.17, 15) is 19.5 Å². The number of aromatic nitrogens is 3. The molecule has 2 N–H and O–H groups in total. The molecule has 55 heavy (non-hydrogen) atoms. The number of nitrogens with zero attached hydrogens (tertiary/aromatic N) is 6. The van der Waals surface area contributed by atoms with Crippen molar-refractivity contribution in [1.29, 1.82) is 0 Å². The van der Waals surface area contributed by atoms with Gasteiger partial charge in [0.15, 0.2) is 13.9 Å². The number of hydrogen-bond donors (Lipinski definition) is 2. The molecule has 8 rings (SSSR count). The summed E-state index contributed by atoms with van der Waals surface area (Å²) in [6.45, 7) is 6.52. The number of hydrazone groups is 1. The zero-order chi connectivity index (χ0) is 38.3. The Bertz CT molecular complexity index is 2220. The largest absolute Gasteiger partial charge is 0.432 e. The number of anilines is 2. The Labute approximate surface area is 322 Å². The van der Waals surface area contributed by atoms with Gasteiger partial charge in [-0.1, -0.05) is 103 Å². The number of rotatable bonds is 11. The first-order valence-corrected chi connectivity index (χ1v) is 22.0. The fraction of sp³-hybridized carbons (Fsp3) is 0.326. The van der Waals surface area contributed by atoms with Crippen molar-refractivity contribution >= 4 is 37.2 Å². The summed E-state index contributed by atoms with van der Waals surface area (Å²) < 4.78 is 8.79. The zero-order valence-electron chi connectivity index (χ0n) is 31.3. The predicted octanol–water partition coefficient (Wildman–Crippen LogP) is 6.37.